The first-order chi connectivity index (χ1) is 9.33. The molecule has 4 heteroatoms. The zero-order valence-corrected chi connectivity index (χ0v) is 10.7. The summed E-state index contributed by atoms with van der Waals surface area (Å²) in [5.41, 5.74) is 1.80. The molecule has 2 aromatic heterocycles. The average Bonchev–Trinajstić information content (AvgIpc) is 3.05. The largest absolute Gasteiger partial charge is 0.350 e. The molecule has 2 aromatic rings. The van der Waals surface area contributed by atoms with E-state index in [2.05, 4.69) is 10.3 Å². The third-order valence-corrected chi connectivity index (χ3v) is 3.55. The summed E-state index contributed by atoms with van der Waals surface area (Å²) in [5.74, 6) is -0.0159. The van der Waals surface area contributed by atoms with Crippen molar-refractivity contribution < 1.29 is 4.79 Å². The molecule has 0 unspecified atom stereocenters. The monoisotopic (exact) mass is 255 g/mol. The summed E-state index contributed by atoms with van der Waals surface area (Å²) in [6.45, 7) is 0. The molecule has 0 saturated heterocycles. The number of amides is 1. The van der Waals surface area contributed by atoms with Crippen molar-refractivity contribution >= 4 is 17.6 Å². The molecule has 0 atom stereocenters. The van der Waals surface area contributed by atoms with Crippen molar-refractivity contribution in [1.82, 2.24) is 14.7 Å². The number of fused-ring (bicyclic) bond motifs is 1. The minimum atomic E-state index is -0.0159. The maximum atomic E-state index is 11.8. The molecule has 0 spiro atoms. The number of aromatic nitrogens is 2. The van der Waals surface area contributed by atoms with Crippen LogP contribution in [-0.2, 0) is 4.79 Å². The Morgan fingerprint density at radius 3 is 3.05 bits per heavy atom. The minimum absolute atomic E-state index is 0.0159. The second-order valence-corrected chi connectivity index (χ2v) is 4.94. The zero-order valence-electron chi connectivity index (χ0n) is 10.7. The van der Waals surface area contributed by atoms with Gasteiger partial charge in [-0.1, -0.05) is 18.9 Å². The van der Waals surface area contributed by atoms with E-state index in [1.165, 1.54) is 12.8 Å². The van der Waals surface area contributed by atoms with E-state index >= 15 is 0 Å². The predicted octanol–water partition coefficient (Wildman–Crippen LogP) is 2.41. The number of carbonyl (C=O) groups is 1. The lowest BCUT2D eigenvalue weighted by Gasteiger charge is -2.08. The number of rotatable bonds is 3. The van der Waals surface area contributed by atoms with E-state index in [-0.39, 0.29) is 5.91 Å². The number of nitrogens with one attached hydrogen (secondary N) is 1. The van der Waals surface area contributed by atoms with Crippen LogP contribution in [0.5, 0.6) is 0 Å². The highest BCUT2D eigenvalue weighted by molar-refractivity contribution is 5.91. The molecule has 2 heterocycles. The summed E-state index contributed by atoms with van der Waals surface area (Å²) in [7, 11) is 0. The van der Waals surface area contributed by atoms with E-state index in [1.807, 2.05) is 34.9 Å². The summed E-state index contributed by atoms with van der Waals surface area (Å²) in [6, 6.07) is 6.20. The van der Waals surface area contributed by atoms with Crippen molar-refractivity contribution in [2.75, 3.05) is 0 Å². The molecule has 1 N–H and O–H groups in total. The first-order valence-corrected chi connectivity index (χ1v) is 6.73. The molecule has 0 bridgehead atoms. The topological polar surface area (TPSA) is 46.4 Å². The highest BCUT2D eigenvalue weighted by Crippen LogP contribution is 2.17. The molecule has 1 amide bonds. The van der Waals surface area contributed by atoms with Gasteiger partial charge in [0.1, 0.15) is 5.65 Å². The van der Waals surface area contributed by atoms with Gasteiger partial charge < -0.3 is 9.72 Å². The van der Waals surface area contributed by atoms with Gasteiger partial charge in [0.25, 0.3) is 0 Å². The van der Waals surface area contributed by atoms with Gasteiger partial charge in [-0.3, -0.25) is 4.79 Å². The molecule has 3 rings (SSSR count). The van der Waals surface area contributed by atoms with Gasteiger partial charge >= 0.3 is 0 Å². The van der Waals surface area contributed by atoms with E-state index in [9.17, 15) is 4.79 Å². The van der Waals surface area contributed by atoms with Crippen molar-refractivity contribution in [3.05, 3.63) is 42.4 Å². The highest BCUT2D eigenvalue weighted by Gasteiger charge is 2.15. The van der Waals surface area contributed by atoms with Crippen LogP contribution in [0.1, 0.15) is 31.4 Å². The molecule has 4 nitrogen and oxygen atoms in total. The van der Waals surface area contributed by atoms with Gasteiger partial charge in [-0.2, -0.15) is 0 Å². The smallest absolute Gasteiger partial charge is 0.244 e. The van der Waals surface area contributed by atoms with Crippen LogP contribution in [0.3, 0.4) is 0 Å². The molecule has 98 valence electrons. The number of imidazole rings is 1. The van der Waals surface area contributed by atoms with Gasteiger partial charge in [-0.15, -0.1) is 0 Å². The lowest BCUT2D eigenvalue weighted by Crippen LogP contribution is -2.30. The van der Waals surface area contributed by atoms with Gasteiger partial charge in [-0.05, 0) is 31.1 Å². The van der Waals surface area contributed by atoms with E-state index in [4.69, 9.17) is 0 Å². The first-order valence-electron chi connectivity index (χ1n) is 6.73. The van der Waals surface area contributed by atoms with Crippen LogP contribution in [-0.4, -0.2) is 21.3 Å². The van der Waals surface area contributed by atoms with Crippen molar-refractivity contribution in [2.24, 2.45) is 0 Å². The SMILES string of the molecule is O=C(/C=C/c1cnc2ccccn12)NC1CCCC1. The fourth-order valence-electron chi connectivity index (χ4n) is 2.56. The summed E-state index contributed by atoms with van der Waals surface area (Å²) in [5, 5.41) is 3.03. The molecule has 1 aliphatic carbocycles. The Bertz CT molecular complexity index is 609. The van der Waals surface area contributed by atoms with Crippen molar-refractivity contribution in [1.29, 1.82) is 0 Å². The van der Waals surface area contributed by atoms with Crippen LogP contribution in [0.4, 0.5) is 0 Å². The van der Waals surface area contributed by atoms with Gasteiger partial charge in [0.05, 0.1) is 11.9 Å². The van der Waals surface area contributed by atoms with E-state index < -0.39 is 0 Å². The van der Waals surface area contributed by atoms with Crippen LogP contribution in [0, 0.1) is 0 Å². The normalized spacial score (nSPS) is 16.4. The van der Waals surface area contributed by atoms with E-state index in [1.54, 1.807) is 12.3 Å². The Labute approximate surface area is 112 Å². The summed E-state index contributed by atoms with van der Waals surface area (Å²) in [6.07, 6.45) is 11.8. The van der Waals surface area contributed by atoms with Crippen LogP contribution < -0.4 is 5.32 Å². The molecule has 0 aromatic carbocycles. The first kappa shape index (κ1) is 12.0. The van der Waals surface area contributed by atoms with Crippen LogP contribution in [0.15, 0.2) is 36.7 Å². The summed E-state index contributed by atoms with van der Waals surface area (Å²) < 4.78 is 1.96. The number of hydrogen-bond donors (Lipinski definition) is 1. The van der Waals surface area contributed by atoms with Crippen molar-refractivity contribution in [3.63, 3.8) is 0 Å². The Balaban J connectivity index is 1.69. The predicted molar refractivity (Wildman–Crippen MR) is 74.6 cm³/mol. The van der Waals surface area contributed by atoms with Gasteiger partial charge in [0, 0.05) is 18.3 Å². The Kier molecular flexibility index (Phi) is 3.31. The zero-order chi connectivity index (χ0) is 13.1. The number of carbonyl (C=O) groups excluding carboxylic acids is 1. The third kappa shape index (κ3) is 2.67. The van der Waals surface area contributed by atoms with E-state index in [0.717, 1.165) is 24.2 Å². The number of pyridine rings is 1. The maximum absolute atomic E-state index is 11.8. The van der Waals surface area contributed by atoms with Gasteiger partial charge in [0.15, 0.2) is 0 Å². The van der Waals surface area contributed by atoms with Crippen molar-refractivity contribution in [3.8, 4) is 0 Å². The molecule has 19 heavy (non-hydrogen) atoms. The quantitative estimate of drug-likeness (QED) is 0.856. The fraction of sp³-hybridized carbons (Fsp3) is 0.333. The molecule has 0 aliphatic heterocycles. The van der Waals surface area contributed by atoms with E-state index in [0.29, 0.717) is 6.04 Å². The lowest BCUT2D eigenvalue weighted by atomic mass is 10.2. The summed E-state index contributed by atoms with van der Waals surface area (Å²) in [4.78, 5) is 16.1. The number of nitrogens with zero attached hydrogens (tertiary/aromatic N) is 2. The summed E-state index contributed by atoms with van der Waals surface area (Å²) >= 11 is 0. The lowest BCUT2D eigenvalue weighted by molar-refractivity contribution is -0.117. The molecular formula is C15H17N3O. The van der Waals surface area contributed by atoms with Crippen LogP contribution >= 0.6 is 0 Å². The van der Waals surface area contributed by atoms with Crippen LogP contribution in [0.2, 0.25) is 0 Å². The van der Waals surface area contributed by atoms with Crippen molar-refractivity contribution in [2.45, 2.75) is 31.7 Å². The molecule has 0 radical (unpaired) electrons. The Hall–Kier alpha value is -2.10. The maximum Gasteiger partial charge on any atom is 0.244 e. The Morgan fingerprint density at radius 1 is 1.37 bits per heavy atom. The van der Waals surface area contributed by atoms with Crippen LogP contribution in [0.25, 0.3) is 11.7 Å². The molecule has 1 fully saturated rings. The molecule has 1 aliphatic rings. The second kappa shape index (κ2) is 5.26. The van der Waals surface area contributed by atoms with Gasteiger partial charge in [-0.25, -0.2) is 4.98 Å². The fourth-order valence-corrected chi connectivity index (χ4v) is 2.56. The molecular weight excluding hydrogens is 238 g/mol. The standard InChI is InChI=1S/C15H17N3O/c19-15(17-12-5-1-2-6-12)9-8-13-11-16-14-7-3-4-10-18(13)14/h3-4,7-12H,1-2,5-6H2,(H,17,19)/b9-8+. The second-order valence-electron chi connectivity index (χ2n) is 4.94. The Morgan fingerprint density at radius 2 is 2.21 bits per heavy atom. The number of hydrogen-bond acceptors (Lipinski definition) is 2. The third-order valence-electron chi connectivity index (χ3n) is 3.55. The minimum Gasteiger partial charge on any atom is -0.350 e. The average molecular weight is 255 g/mol. The highest BCUT2D eigenvalue weighted by atomic mass is 16.1. The molecule has 1 saturated carbocycles. The van der Waals surface area contributed by atoms with Gasteiger partial charge in [0.2, 0.25) is 5.91 Å².